The zero-order valence-corrected chi connectivity index (χ0v) is 10.4. The topological polar surface area (TPSA) is 59.0 Å². The number of hydrogen-bond acceptors (Lipinski definition) is 3. The highest BCUT2D eigenvalue weighted by Crippen LogP contribution is 2.13. The van der Waals surface area contributed by atoms with E-state index in [1.54, 1.807) is 24.7 Å². The Morgan fingerprint density at radius 2 is 2.05 bits per heavy atom. The number of carbonyl (C=O) groups is 1. The molecule has 7 heteroatoms. The van der Waals surface area contributed by atoms with Crippen LogP contribution in [0.5, 0.6) is 0 Å². The number of aryl methyl sites for hydroxylation is 2. The van der Waals surface area contributed by atoms with E-state index in [9.17, 15) is 13.6 Å². The molecule has 0 aliphatic heterocycles. The quantitative estimate of drug-likeness (QED) is 0.832. The first-order chi connectivity index (χ1) is 8.97. The molecule has 100 valence electrons. The lowest BCUT2D eigenvalue weighted by Crippen LogP contribution is -2.30. The molecular formula is C12H12F2N4O. The average Bonchev–Trinajstić information content (AvgIpc) is 2.68. The highest BCUT2D eigenvalue weighted by molar-refractivity contribution is 5.93. The van der Waals surface area contributed by atoms with Crippen LogP contribution in [0.2, 0.25) is 0 Å². The minimum absolute atomic E-state index is 0.0256. The van der Waals surface area contributed by atoms with Gasteiger partial charge in [-0.25, -0.2) is 8.78 Å². The van der Waals surface area contributed by atoms with Crippen LogP contribution in [-0.2, 0) is 7.05 Å². The van der Waals surface area contributed by atoms with E-state index in [4.69, 9.17) is 0 Å². The van der Waals surface area contributed by atoms with Crippen LogP contribution < -0.4 is 10.9 Å². The SMILES string of the molecule is Cc1cc(C(=O)NNc2ccc(F)cc2F)nn1C. The van der Waals surface area contributed by atoms with Crippen LogP contribution in [0, 0.1) is 18.6 Å². The van der Waals surface area contributed by atoms with E-state index < -0.39 is 17.5 Å². The van der Waals surface area contributed by atoms with Gasteiger partial charge in [-0.3, -0.25) is 20.3 Å². The molecule has 5 nitrogen and oxygen atoms in total. The molecule has 0 fully saturated rings. The number of amides is 1. The molecule has 0 saturated heterocycles. The highest BCUT2D eigenvalue weighted by Gasteiger charge is 2.11. The molecule has 2 N–H and O–H groups in total. The first kappa shape index (κ1) is 13.0. The van der Waals surface area contributed by atoms with E-state index in [0.29, 0.717) is 0 Å². The molecule has 0 aliphatic carbocycles. The standard InChI is InChI=1S/C12H12F2N4O/c1-7-5-11(17-18(7)2)12(19)16-15-10-4-3-8(13)6-9(10)14/h3-6,15H,1-2H3,(H,16,19). The Hall–Kier alpha value is -2.44. The Labute approximate surface area is 108 Å². The maximum atomic E-state index is 13.3. The fraction of sp³-hybridized carbons (Fsp3) is 0.167. The van der Waals surface area contributed by atoms with Gasteiger partial charge in [-0.15, -0.1) is 0 Å². The molecule has 0 saturated carbocycles. The minimum atomic E-state index is -0.794. The van der Waals surface area contributed by atoms with Gasteiger partial charge < -0.3 is 0 Å². The van der Waals surface area contributed by atoms with Crippen molar-refractivity contribution in [2.75, 3.05) is 5.43 Å². The van der Waals surface area contributed by atoms with E-state index in [2.05, 4.69) is 16.0 Å². The van der Waals surface area contributed by atoms with E-state index in [1.165, 1.54) is 6.07 Å². The van der Waals surface area contributed by atoms with Crippen molar-refractivity contribution < 1.29 is 13.6 Å². The number of rotatable bonds is 3. The van der Waals surface area contributed by atoms with E-state index >= 15 is 0 Å². The van der Waals surface area contributed by atoms with E-state index in [0.717, 1.165) is 17.8 Å². The van der Waals surface area contributed by atoms with E-state index in [-0.39, 0.29) is 11.4 Å². The summed E-state index contributed by atoms with van der Waals surface area (Å²) < 4.78 is 27.5. The van der Waals surface area contributed by atoms with Gasteiger partial charge in [-0.2, -0.15) is 5.10 Å². The molecule has 0 atom stereocenters. The van der Waals surface area contributed by atoms with Gasteiger partial charge in [0.2, 0.25) is 0 Å². The average molecular weight is 266 g/mol. The summed E-state index contributed by atoms with van der Waals surface area (Å²) in [5, 5.41) is 3.97. The van der Waals surface area contributed by atoms with Crippen molar-refractivity contribution in [1.29, 1.82) is 0 Å². The number of nitrogens with zero attached hydrogens (tertiary/aromatic N) is 2. The van der Waals surface area contributed by atoms with Crippen LogP contribution in [0.3, 0.4) is 0 Å². The molecule has 0 unspecified atom stereocenters. The third kappa shape index (κ3) is 2.87. The smallest absolute Gasteiger partial charge is 0.290 e. The number of nitrogens with one attached hydrogen (secondary N) is 2. The fourth-order valence-corrected chi connectivity index (χ4v) is 1.45. The number of halogens is 2. The number of hydrogen-bond donors (Lipinski definition) is 2. The molecule has 0 bridgehead atoms. The van der Waals surface area contributed by atoms with Crippen molar-refractivity contribution >= 4 is 11.6 Å². The van der Waals surface area contributed by atoms with Gasteiger partial charge in [-0.05, 0) is 25.1 Å². The van der Waals surface area contributed by atoms with Crippen LogP contribution in [0.1, 0.15) is 16.2 Å². The third-order valence-electron chi connectivity index (χ3n) is 2.59. The second kappa shape index (κ2) is 5.05. The van der Waals surface area contributed by atoms with Crippen LogP contribution in [-0.4, -0.2) is 15.7 Å². The molecule has 1 heterocycles. The molecule has 1 aromatic heterocycles. The Morgan fingerprint density at radius 3 is 2.63 bits per heavy atom. The Balaban J connectivity index is 2.04. The second-order valence-electron chi connectivity index (χ2n) is 4.00. The van der Waals surface area contributed by atoms with Crippen LogP contribution in [0.25, 0.3) is 0 Å². The van der Waals surface area contributed by atoms with Crippen LogP contribution in [0.15, 0.2) is 24.3 Å². The van der Waals surface area contributed by atoms with Gasteiger partial charge in [0.05, 0.1) is 5.69 Å². The van der Waals surface area contributed by atoms with E-state index in [1.807, 2.05) is 0 Å². The Bertz CT molecular complexity index is 605. The summed E-state index contributed by atoms with van der Waals surface area (Å²) in [5.74, 6) is -1.99. The molecule has 19 heavy (non-hydrogen) atoms. The number of anilines is 1. The maximum Gasteiger partial charge on any atom is 0.290 e. The highest BCUT2D eigenvalue weighted by atomic mass is 19.1. The normalized spacial score (nSPS) is 10.3. The first-order valence-electron chi connectivity index (χ1n) is 5.49. The molecule has 1 amide bonds. The summed E-state index contributed by atoms with van der Waals surface area (Å²) >= 11 is 0. The van der Waals surface area contributed by atoms with Crippen molar-refractivity contribution in [3.05, 3.63) is 47.3 Å². The molecule has 2 aromatic rings. The summed E-state index contributed by atoms with van der Waals surface area (Å²) in [6.07, 6.45) is 0. The van der Waals surface area contributed by atoms with Crippen molar-refractivity contribution in [3.8, 4) is 0 Å². The molecule has 0 radical (unpaired) electrons. The predicted octanol–water partition coefficient (Wildman–Crippen LogP) is 1.76. The van der Waals surface area contributed by atoms with Gasteiger partial charge in [0, 0.05) is 18.8 Å². The van der Waals surface area contributed by atoms with Crippen LogP contribution >= 0.6 is 0 Å². The monoisotopic (exact) mass is 266 g/mol. The number of carbonyl (C=O) groups excluding carboxylic acids is 1. The Kier molecular flexibility index (Phi) is 3.46. The second-order valence-corrected chi connectivity index (χ2v) is 4.00. The third-order valence-corrected chi connectivity index (χ3v) is 2.59. The number of hydrazine groups is 1. The first-order valence-corrected chi connectivity index (χ1v) is 5.49. The van der Waals surface area contributed by atoms with Gasteiger partial charge in [0.15, 0.2) is 11.5 Å². The zero-order valence-electron chi connectivity index (χ0n) is 10.4. The summed E-state index contributed by atoms with van der Waals surface area (Å²) in [6.45, 7) is 1.80. The van der Waals surface area contributed by atoms with Gasteiger partial charge in [0.1, 0.15) is 5.82 Å². The largest absolute Gasteiger partial charge is 0.295 e. The maximum absolute atomic E-state index is 13.3. The van der Waals surface area contributed by atoms with Crippen LogP contribution in [0.4, 0.5) is 14.5 Å². The molecule has 1 aromatic carbocycles. The summed E-state index contributed by atoms with van der Waals surface area (Å²) in [5.41, 5.74) is 5.66. The van der Waals surface area contributed by atoms with Gasteiger partial charge >= 0.3 is 0 Å². The minimum Gasteiger partial charge on any atom is -0.295 e. The van der Waals surface area contributed by atoms with Crippen molar-refractivity contribution in [2.45, 2.75) is 6.92 Å². The fourth-order valence-electron chi connectivity index (χ4n) is 1.45. The lowest BCUT2D eigenvalue weighted by molar-refractivity contribution is 0.0957. The molecule has 2 rings (SSSR count). The summed E-state index contributed by atoms with van der Waals surface area (Å²) in [7, 11) is 1.71. The van der Waals surface area contributed by atoms with Gasteiger partial charge in [0.25, 0.3) is 5.91 Å². The lowest BCUT2D eigenvalue weighted by atomic mass is 10.3. The molecular weight excluding hydrogens is 254 g/mol. The predicted molar refractivity (Wildman–Crippen MR) is 65.4 cm³/mol. The lowest BCUT2D eigenvalue weighted by Gasteiger charge is -2.07. The summed E-state index contributed by atoms with van der Waals surface area (Å²) in [4.78, 5) is 11.7. The van der Waals surface area contributed by atoms with Crippen molar-refractivity contribution in [2.24, 2.45) is 7.05 Å². The summed E-state index contributed by atoms with van der Waals surface area (Å²) in [6, 6.07) is 4.59. The number of benzene rings is 1. The molecule has 0 aliphatic rings. The van der Waals surface area contributed by atoms with Gasteiger partial charge in [-0.1, -0.05) is 0 Å². The van der Waals surface area contributed by atoms with Crippen molar-refractivity contribution in [3.63, 3.8) is 0 Å². The number of aromatic nitrogens is 2. The Morgan fingerprint density at radius 1 is 1.32 bits per heavy atom. The molecule has 0 spiro atoms. The van der Waals surface area contributed by atoms with Crippen molar-refractivity contribution in [1.82, 2.24) is 15.2 Å². The zero-order chi connectivity index (χ0) is 14.0.